The van der Waals surface area contributed by atoms with Crippen molar-refractivity contribution in [3.63, 3.8) is 0 Å². The molecule has 0 amide bonds. The molecule has 0 N–H and O–H groups in total. The van der Waals surface area contributed by atoms with Gasteiger partial charge in [0.2, 0.25) is 0 Å². The molecule has 1 fully saturated rings. The molecule has 1 saturated heterocycles. The first kappa shape index (κ1) is 20.9. The molecule has 0 saturated carbocycles. The van der Waals surface area contributed by atoms with Gasteiger partial charge in [-0.05, 0) is 47.6 Å². The van der Waals surface area contributed by atoms with Crippen molar-refractivity contribution in [3.8, 4) is 16.9 Å². The average molecular weight is 411 g/mol. The van der Waals surface area contributed by atoms with E-state index >= 15 is 0 Å². The number of halogens is 4. The molecule has 0 radical (unpaired) electrons. The molecule has 2 aromatic carbocycles. The Bertz CT molecular complexity index is 765. The van der Waals surface area contributed by atoms with E-state index in [1.807, 2.05) is 12.1 Å². The lowest BCUT2D eigenvalue weighted by Crippen LogP contribution is -2.20. The van der Waals surface area contributed by atoms with Gasteiger partial charge in [0.15, 0.2) is 18.2 Å². The molecule has 28 heavy (non-hydrogen) atoms. The number of hydrogen-bond acceptors (Lipinski definition) is 1. The van der Waals surface area contributed by atoms with Gasteiger partial charge >= 0.3 is 6.18 Å². The smallest absolute Gasteiger partial charge is 0.422 e. The van der Waals surface area contributed by atoms with Gasteiger partial charge in [0.25, 0.3) is 0 Å². The quantitative estimate of drug-likeness (QED) is 0.370. The van der Waals surface area contributed by atoms with Crippen LogP contribution in [0.5, 0.6) is 5.75 Å². The lowest BCUT2D eigenvalue weighted by molar-refractivity contribution is -0.153. The summed E-state index contributed by atoms with van der Waals surface area (Å²) in [7, 11) is -0.499. The highest BCUT2D eigenvalue weighted by atomic mass is 28.3. The van der Waals surface area contributed by atoms with Crippen molar-refractivity contribution >= 4 is 8.80 Å². The molecule has 1 nitrogen and oxygen atoms in total. The van der Waals surface area contributed by atoms with Crippen molar-refractivity contribution in [2.45, 2.75) is 56.4 Å². The van der Waals surface area contributed by atoms with E-state index in [-0.39, 0.29) is 5.75 Å². The van der Waals surface area contributed by atoms with Crippen molar-refractivity contribution < 1.29 is 22.3 Å². The number of benzene rings is 2. The summed E-state index contributed by atoms with van der Waals surface area (Å²) in [4.78, 5) is 0. The molecule has 1 aliphatic rings. The van der Waals surface area contributed by atoms with E-state index in [1.54, 1.807) is 6.07 Å². The minimum absolute atomic E-state index is 0.384. The van der Waals surface area contributed by atoms with Crippen LogP contribution >= 0.6 is 0 Å². The minimum Gasteiger partial charge on any atom is -0.481 e. The molecule has 0 atom stereocenters. The summed E-state index contributed by atoms with van der Waals surface area (Å²) in [6.45, 7) is 0.775. The molecule has 0 aromatic heterocycles. The maximum atomic E-state index is 14.1. The molecule has 0 spiro atoms. The Morgan fingerprint density at radius 2 is 1.64 bits per heavy atom. The number of hydrogen-bond donors (Lipinski definition) is 0. The fourth-order valence-electron chi connectivity index (χ4n) is 4.10. The Hall–Kier alpha value is -1.82. The Kier molecular flexibility index (Phi) is 6.80. The fourth-order valence-corrected chi connectivity index (χ4v) is 7.53. The summed E-state index contributed by atoms with van der Waals surface area (Å²) >= 11 is 0. The van der Waals surface area contributed by atoms with E-state index in [1.165, 1.54) is 55.1 Å². The molecular weight excluding hydrogens is 384 g/mol. The Balaban J connectivity index is 1.64. The highest BCUT2D eigenvalue weighted by Crippen LogP contribution is 2.36. The van der Waals surface area contributed by atoms with E-state index < -0.39 is 27.4 Å². The highest BCUT2D eigenvalue weighted by molar-refractivity contribution is 6.59. The molecular formula is C22H26F4OSi. The van der Waals surface area contributed by atoms with Gasteiger partial charge < -0.3 is 4.74 Å². The Labute approximate surface area is 165 Å². The number of ether oxygens (including phenoxy) is 1. The first-order valence-corrected chi connectivity index (χ1v) is 12.4. The van der Waals surface area contributed by atoms with Gasteiger partial charge in [-0.15, -0.1) is 0 Å². The maximum absolute atomic E-state index is 14.1. The van der Waals surface area contributed by atoms with Crippen LogP contribution in [0.2, 0.25) is 18.1 Å². The van der Waals surface area contributed by atoms with Crippen LogP contribution in [0.3, 0.4) is 0 Å². The molecule has 0 aliphatic carbocycles. The standard InChI is InChI=1S/C22H26F4OSi/c1-2-11-28-12-9-18(10-13-28)16-3-5-17(6-4-16)19-7-8-21(20(23)14-19)27-15-22(24,25)26/h3-8,14,18,28H,2,9-13,15H2,1H3. The van der Waals surface area contributed by atoms with E-state index in [0.717, 1.165) is 5.56 Å². The van der Waals surface area contributed by atoms with Crippen LogP contribution in [0.4, 0.5) is 17.6 Å². The van der Waals surface area contributed by atoms with Gasteiger partial charge in [-0.1, -0.05) is 61.8 Å². The third kappa shape index (κ3) is 5.60. The topological polar surface area (TPSA) is 9.23 Å². The minimum atomic E-state index is -4.49. The van der Waals surface area contributed by atoms with Crippen LogP contribution in [-0.2, 0) is 0 Å². The summed E-state index contributed by atoms with van der Waals surface area (Å²) < 4.78 is 55.3. The molecule has 2 aromatic rings. The fraction of sp³-hybridized carbons (Fsp3) is 0.455. The molecule has 1 aliphatic heterocycles. The van der Waals surface area contributed by atoms with Crippen LogP contribution < -0.4 is 4.74 Å². The number of rotatable bonds is 6. The average Bonchev–Trinajstić information content (AvgIpc) is 2.67. The van der Waals surface area contributed by atoms with Crippen molar-refractivity contribution in [1.82, 2.24) is 0 Å². The monoisotopic (exact) mass is 410 g/mol. The van der Waals surface area contributed by atoms with Crippen molar-refractivity contribution in [1.29, 1.82) is 0 Å². The largest absolute Gasteiger partial charge is 0.481 e. The summed E-state index contributed by atoms with van der Waals surface area (Å²) in [5, 5.41) is 0. The van der Waals surface area contributed by atoms with Crippen LogP contribution in [0, 0.1) is 5.82 Å². The van der Waals surface area contributed by atoms with Crippen LogP contribution in [0.1, 0.15) is 37.7 Å². The summed E-state index contributed by atoms with van der Waals surface area (Å²) in [6, 6.07) is 16.5. The van der Waals surface area contributed by atoms with Crippen LogP contribution in [0.25, 0.3) is 11.1 Å². The summed E-state index contributed by atoms with van der Waals surface area (Å²) in [5.74, 6) is -0.555. The lowest BCUT2D eigenvalue weighted by Gasteiger charge is -2.27. The zero-order chi connectivity index (χ0) is 20.1. The van der Waals surface area contributed by atoms with Gasteiger partial charge in [0.1, 0.15) is 0 Å². The zero-order valence-electron chi connectivity index (χ0n) is 16.1. The van der Waals surface area contributed by atoms with E-state index in [4.69, 9.17) is 0 Å². The van der Waals surface area contributed by atoms with Gasteiger partial charge in [-0.3, -0.25) is 0 Å². The third-order valence-electron chi connectivity index (χ3n) is 5.58. The van der Waals surface area contributed by atoms with Gasteiger partial charge in [-0.2, -0.15) is 13.2 Å². The second-order valence-electron chi connectivity index (χ2n) is 7.68. The second kappa shape index (κ2) is 9.12. The highest BCUT2D eigenvalue weighted by Gasteiger charge is 2.29. The normalized spacial score (nSPS) is 20.2. The molecule has 3 rings (SSSR count). The first-order chi connectivity index (χ1) is 13.4. The predicted octanol–water partition coefficient (Wildman–Crippen LogP) is 6.95. The molecule has 0 unspecified atom stereocenters. The number of alkyl halides is 3. The molecule has 6 heteroatoms. The predicted molar refractivity (Wildman–Crippen MR) is 107 cm³/mol. The zero-order valence-corrected chi connectivity index (χ0v) is 17.2. The van der Waals surface area contributed by atoms with Crippen LogP contribution in [-0.4, -0.2) is 21.6 Å². The van der Waals surface area contributed by atoms with E-state index in [9.17, 15) is 17.6 Å². The SMILES string of the molecule is CCC[SiH]1CCC(c2ccc(-c3ccc(OCC(F)(F)F)c(F)c3)cc2)CC1. The lowest BCUT2D eigenvalue weighted by atomic mass is 9.92. The Morgan fingerprint density at radius 1 is 1.00 bits per heavy atom. The van der Waals surface area contributed by atoms with Gasteiger partial charge in [0, 0.05) is 8.80 Å². The third-order valence-corrected chi connectivity index (χ3v) is 9.28. The first-order valence-electron chi connectivity index (χ1n) is 9.95. The van der Waals surface area contributed by atoms with Gasteiger partial charge in [-0.25, -0.2) is 4.39 Å². The summed E-state index contributed by atoms with van der Waals surface area (Å²) in [6.07, 6.45) is -0.627. The van der Waals surface area contributed by atoms with Gasteiger partial charge in [0.05, 0.1) is 0 Å². The second-order valence-corrected chi connectivity index (χ2v) is 11.1. The molecule has 1 heterocycles. The molecule has 0 bridgehead atoms. The van der Waals surface area contributed by atoms with Crippen molar-refractivity contribution in [2.75, 3.05) is 6.61 Å². The van der Waals surface area contributed by atoms with Crippen molar-refractivity contribution in [2.24, 2.45) is 0 Å². The maximum Gasteiger partial charge on any atom is 0.422 e. The summed E-state index contributed by atoms with van der Waals surface area (Å²) in [5.41, 5.74) is 2.81. The molecule has 152 valence electrons. The van der Waals surface area contributed by atoms with Crippen LogP contribution in [0.15, 0.2) is 42.5 Å². The van der Waals surface area contributed by atoms with E-state index in [0.29, 0.717) is 11.5 Å². The van der Waals surface area contributed by atoms with Crippen molar-refractivity contribution in [3.05, 3.63) is 53.8 Å². The van der Waals surface area contributed by atoms with E-state index in [2.05, 4.69) is 23.8 Å². The Morgan fingerprint density at radius 3 is 2.21 bits per heavy atom.